The molecule has 1 saturated carbocycles. The number of carbonyl (C=O) groups is 2. The van der Waals surface area contributed by atoms with Crippen molar-refractivity contribution >= 4 is 29.0 Å². The standard InChI is InChI=1S/C28H30F5N9O2/c1-2-15-11-18(3-4-19(15)27(44)37-6-5-36-26(43)16-9-17(34)10-16)39-24-25-38-12-21(42(25)8-7-35-24)20-13-41(14-22(29)30)40-23(20)28(31,32)33/h3-4,7-8,11-13,16-17,22H,2,5-6,9-10,14,34H2,1H3,(H,35,39)(H,36,43)(H,37,44). The highest BCUT2D eigenvalue weighted by Gasteiger charge is 2.38. The molecule has 0 aliphatic heterocycles. The van der Waals surface area contributed by atoms with E-state index >= 15 is 0 Å². The molecular formula is C28H30F5N9O2. The molecule has 1 aliphatic carbocycles. The van der Waals surface area contributed by atoms with Crippen LogP contribution in [-0.2, 0) is 23.9 Å². The molecule has 0 bridgehead atoms. The highest BCUT2D eigenvalue weighted by atomic mass is 19.4. The molecule has 0 radical (unpaired) electrons. The molecule has 2 amide bonds. The van der Waals surface area contributed by atoms with Gasteiger partial charge in [-0.15, -0.1) is 0 Å². The monoisotopic (exact) mass is 619 g/mol. The van der Waals surface area contributed by atoms with Gasteiger partial charge in [-0.3, -0.25) is 18.7 Å². The van der Waals surface area contributed by atoms with Gasteiger partial charge in [-0.1, -0.05) is 6.92 Å². The molecule has 5 N–H and O–H groups in total. The third kappa shape index (κ3) is 6.64. The van der Waals surface area contributed by atoms with Crippen molar-refractivity contribution in [3.63, 3.8) is 0 Å². The van der Waals surface area contributed by atoms with Crippen LogP contribution in [0.4, 0.5) is 33.5 Å². The number of imidazole rings is 1. The summed E-state index contributed by atoms with van der Waals surface area (Å²) in [7, 11) is 0. The van der Waals surface area contributed by atoms with Crippen molar-refractivity contribution in [1.82, 2.24) is 34.8 Å². The average molecular weight is 620 g/mol. The molecule has 3 aromatic heterocycles. The lowest BCUT2D eigenvalue weighted by Gasteiger charge is -2.31. The van der Waals surface area contributed by atoms with Crippen LogP contribution in [0.2, 0.25) is 0 Å². The summed E-state index contributed by atoms with van der Waals surface area (Å²) in [6, 6.07) is 5.11. The zero-order valence-electron chi connectivity index (χ0n) is 23.5. The van der Waals surface area contributed by atoms with Crippen LogP contribution in [0.5, 0.6) is 0 Å². The fourth-order valence-corrected chi connectivity index (χ4v) is 5.06. The molecule has 0 atom stereocenters. The Morgan fingerprint density at radius 1 is 1.14 bits per heavy atom. The van der Waals surface area contributed by atoms with Gasteiger partial charge >= 0.3 is 6.18 Å². The Balaban J connectivity index is 1.31. The van der Waals surface area contributed by atoms with Crippen LogP contribution >= 0.6 is 0 Å². The van der Waals surface area contributed by atoms with Gasteiger partial charge in [0.05, 0.1) is 17.5 Å². The second kappa shape index (κ2) is 12.6. The summed E-state index contributed by atoms with van der Waals surface area (Å²) in [4.78, 5) is 33.4. The lowest BCUT2D eigenvalue weighted by atomic mass is 9.80. The van der Waals surface area contributed by atoms with E-state index in [0.717, 1.165) is 11.8 Å². The summed E-state index contributed by atoms with van der Waals surface area (Å²) >= 11 is 0. The van der Waals surface area contributed by atoms with Gasteiger partial charge in [0.1, 0.15) is 6.54 Å². The molecule has 0 spiro atoms. The predicted octanol–water partition coefficient (Wildman–Crippen LogP) is 3.77. The Morgan fingerprint density at radius 3 is 2.57 bits per heavy atom. The van der Waals surface area contributed by atoms with E-state index < -0.39 is 30.4 Å². The first-order chi connectivity index (χ1) is 20.9. The zero-order valence-corrected chi connectivity index (χ0v) is 23.5. The van der Waals surface area contributed by atoms with E-state index in [2.05, 4.69) is 31.0 Å². The lowest BCUT2D eigenvalue weighted by molar-refractivity contribution is -0.141. The maximum absolute atomic E-state index is 13.7. The minimum atomic E-state index is -4.88. The fraction of sp³-hybridized carbons (Fsp3) is 0.393. The lowest BCUT2D eigenvalue weighted by Crippen LogP contribution is -2.46. The van der Waals surface area contributed by atoms with Crippen molar-refractivity contribution in [3.05, 3.63) is 59.8 Å². The first-order valence-electron chi connectivity index (χ1n) is 13.9. The molecular weight excluding hydrogens is 589 g/mol. The van der Waals surface area contributed by atoms with E-state index in [1.54, 1.807) is 18.2 Å². The number of fused-ring (bicyclic) bond motifs is 1. The van der Waals surface area contributed by atoms with Gasteiger partial charge in [-0.05, 0) is 43.0 Å². The van der Waals surface area contributed by atoms with E-state index in [1.165, 1.54) is 23.0 Å². The highest BCUT2D eigenvalue weighted by Crippen LogP contribution is 2.37. The van der Waals surface area contributed by atoms with E-state index in [4.69, 9.17) is 5.73 Å². The maximum atomic E-state index is 13.7. The van der Waals surface area contributed by atoms with Gasteiger partial charge < -0.3 is 21.7 Å². The summed E-state index contributed by atoms with van der Waals surface area (Å²) in [5.41, 5.74) is 5.90. The number of nitrogens with zero attached hydrogens (tertiary/aromatic N) is 5. The topological polar surface area (TPSA) is 144 Å². The molecule has 1 aromatic carbocycles. The molecule has 1 fully saturated rings. The van der Waals surface area contributed by atoms with Gasteiger partial charge in [0.15, 0.2) is 17.2 Å². The van der Waals surface area contributed by atoms with Crippen molar-refractivity contribution in [2.75, 3.05) is 18.4 Å². The summed E-state index contributed by atoms with van der Waals surface area (Å²) < 4.78 is 68.8. The van der Waals surface area contributed by atoms with E-state index in [1.807, 2.05) is 6.92 Å². The molecule has 5 rings (SSSR count). The normalized spacial score (nSPS) is 16.6. The van der Waals surface area contributed by atoms with Gasteiger partial charge in [-0.2, -0.15) is 18.3 Å². The Labute approximate surface area is 248 Å². The number of carbonyl (C=O) groups excluding carboxylic acids is 2. The Morgan fingerprint density at radius 2 is 1.89 bits per heavy atom. The third-order valence-electron chi connectivity index (χ3n) is 7.31. The Bertz CT molecular complexity index is 1660. The molecule has 16 heteroatoms. The van der Waals surface area contributed by atoms with Crippen molar-refractivity contribution in [3.8, 4) is 11.3 Å². The molecule has 1 aliphatic rings. The molecule has 0 saturated heterocycles. The van der Waals surface area contributed by atoms with Gasteiger partial charge in [0.25, 0.3) is 12.3 Å². The van der Waals surface area contributed by atoms with Crippen LogP contribution in [-0.4, -0.2) is 61.5 Å². The van der Waals surface area contributed by atoms with Crippen molar-refractivity contribution in [1.29, 1.82) is 0 Å². The number of rotatable bonds is 11. The number of hydrogen-bond acceptors (Lipinski definition) is 7. The van der Waals surface area contributed by atoms with E-state index in [9.17, 15) is 31.5 Å². The molecule has 234 valence electrons. The number of nitrogens with one attached hydrogen (secondary N) is 3. The summed E-state index contributed by atoms with van der Waals surface area (Å²) in [6.07, 6.45) is -1.05. The molecule has 11 nitrogen and oxygen atoms in total. The fourth-order valence-electron chi connectivity index (χ4n) is 5.06. The van der Waals surface area contributed by atoms with Crippen LogP contribution in [0.1, 0.15) is 41.4 Å². The highest BCUT2D eigenvalue weighted by molar-refractivity contribution is 5.96. The second-order valence-electron chi connectivity index (χ2n) is 10.4. The smallest absolute Gasteiger partial charge is 0.354 e. The van der Waals surface area contributed by atoms with Gasteiger partial charge in [0, 0.05) is 54.9 Å². The number of alkyl halides is 5. The van der Waals surface area contributed by atoms with Crippen LogP contribution in [0.25, 0.3) is 16.9 Å². The number of nitrogens with two attached hydrogens (primary N) is 1. The first kappa shape index (κ1) is 30.8. The quantitative estimate of drug-likeness (QED) is 0.148. The van der Waals surface area contributed by atoms with E-state index in [0.29, 0.717) is 35.2 Å². The number of amides is 2. The average Bonchev–Trinajstić information content (AvgIpc) is 3.58. The Kier molecular flexibility index (Phi) is 8.80. The van der Waals surface area contributed by atoms with Crippen LogP contribution < -0.4 is 21.7 Å². The van der Waals surface area contributed by atoms with Crippen LogP contribution in [0, 0.1) is 5.92 Å². The molecule has 3 heterocycles. The summed E-state index contributed by atoms with van der Waals surface area (Å²) in [6.45, 7) is 1.43. The number of aryl methyl sites for hydroxylation is 1. The van der Waals surface area contributed by atoms with Gasteiger partial charge in [0.2, 0.25) is 5.91 Å². The number of aromatic nitrogens is 5. The van der Waals surface area contributed by atoms with Crippen molar-refractivity contribution in [2.24, 2.45) is 11.7 Å². The molecule has 4 aromatic rings. The summed E-state index contributed by atoms with van der Waals surface area (Å²) in [5, 5.41) is 12.0. The van der Waals surface area contributed by atoms with Crippen molar-refractivity contribution < 1.29 is 31.5 Å². The minimum Gasteiger partial charge on any atom is -0.354 e. The van der Waals surface area contributed by atoms with Crippen LogP contribution in [0.15, 0.2) is 43.0 Å². The number of anilines is 2. The Hall–Kier alpha value is -4.60. The van der Waals surface area contributed by atoms with Crippen LogP contribution in [0.3, 0.4) is 0 Å². The molecule has 44 heavy (non-hydrogen) atoms. The summed E-state index contributed by atoms with van der Waals surface area (Å²) in [5.74, 6) is -0.230. The first-order valence-corrected chi connectivity index (χ1v) is 13.9. The maximum Gasteiger partial charge on any atom is 0.435 e. The largest absolute Gasteiger partial charge is 0.435 e. The second-order valence-corrected chi connectivity index (χ2v) is 10.4. The SMILES string of the molecule is CCc1cc(Nc2nccn3c(-c4cn(CC(F)F)nc4C(F)(F)F)cnc23)ccc1C(=O)NCCNC(=O)C1CC(N)C1. The third-order valence-corrected chi connectivity index (χ3v) is 7.31. The predicted molar refractivity (Wildman–Crippen MR) is 150 cm³/mol. The van der Waals surface area contributed by atoms with Gasteiger partial charge in [-0.25, -0.2) is 18.7 Å². The minimum absolute atomic E-state index is 0.00740. The van der Waals surface area contributed by atoms with E-state index in [-0.39, 0.29) is 54.0 Å². The molecule has 0 unspecified atom stereocenters. The number of hydrogen-bond donors (Lipinski definition) is 4. The number of benzene rings is 1. The van der Waals surface area contributed by atoms with Crippen molar-refractivity contribution in [2.45, 2.75) is 51.4 Å². The zero-order chi connectivity index (χ0) is 31.6. The number of halogens is 5.